The maximum Gasteiger partial charge on any atom is 0.269 e. The molecular formula is C9H10Cl2N2O4. The van der Waals surface area contributed by atoms with Crippen molar-refractivity contribution >= 4 is 34.6 Å². The van der Waals surface area contributed by atoms with E-state index in [9.17, 15) is 20.3 Å². The second-order valence-corrected chi connectivity index (χ2v) is 4.43. The monoisotopic (exact) mass is 280 g/mol. The lowest BCUT2D eigenvalue weighted by Gasteiger charge is -2.23. The molecule has 0 saturated heterocycles. The van der Waals surface area contributed by atoms with Crippen LogP contribution in [0.4, 0.5) is 11.4 Å². The molecule has 0 atom stereocenters. The number of nitro benzene ring substituents is 1. The first-order valence-electron chi connectivity index (χ1n) is 4.54. The molecule has 1 rings (SSSR count). The van der Waals surface area contributed by atoms with E-state index in [-0.39, 0.29) is 12.2 Å². The predicted octanol–water partition coefficient (Wildman–Crippen LogP) is 1.49. The summed E-state index contributed by atoms with van der Waals surface area (Å²) in [6.45, 7) is -0.303. The van der Waals surface area contributed by atoms with Gasteiger partial charge in [0.2, 0.25) is 5.79 Å². The molecule has 0 aliphatic carbocycles. The molecule has 0 heterocycles. The van der Waals surface area contributed by atoms with Crippen molar-refractivity contribution in [3.8, 4) is 0 Å². The van der Waals surface area contributed by atoms with Gasteiger partial charge in [0.1, 0.15) is 0 Å². The fourth-order valence-electron chi connectivity index (χ4n) is 1.01. The SMILES string of the molecule is O=[N+]([O-])c1ccc(NCC(O)(O)C(Cl)Cl)cc1. The second-order valence-electron chi connectivity index (χ2n) is 3.34. The van der Waals surface area contributed by atoms with Crippen LogP contribution in [0.15, 0.2) is 24.3 Å². The van der Waals surface area contributed by atoms with Crippen molar-refractivity contribution in [3.63, 3.8) is 0 Å². The van der Waals surface area contributed by atoms with Gasteiger partial charge in [-0.3, -0.25) is 10.1 Å². The minimum atomic E-state index is -2.27. The van der Waals surface area contributed by atoms with E-state index < -0.39 is 15.5 Å². The average molecular weight is 281 g/mol. The Morgan fingerprint density at radius 2 is 1.88 bits per heavy atom. The lowest BCUT2D eigenvalue weighted by Crippen LogP contribution is -2.42. The highest BCUT2D eigenvalue weighted by atomic mass is 35.5. The fraction of sp³-hybridized carbons (Fsp3) is 0.333. The first kappa shape index (κ1) is 14.0. The van der Waals surface area contributed by atoms with Crippen molar-refractivity contribution in [2.24, 2.45) is 0 Å². The minimum Gasteiger partial charge on any atom is -0.380 e. The van der Waals surface area contributed by atoms with Gasteiger partial charge >= 0.3 is 0 Å². The minimum absolute atomic E-state index is 0.0534. The summed E-state index contributed by atoms with van der Waals surface area (Å²) >= 11 is 10.7. The van der Waals surface area contributed by atoms with Crippen molar-refractivity contribution in [1.29, 1.82) is 0 Å². The summed E-state index contributed by atoms with van der Waals surface area (Å²) in [7, 11) is 0. The van der Waals surface area contributed by atoms with E-state index in [0.717, 1.165) is 0 Å². The Bertz CT molecular complexity index is 394. The highest BCUT2D eigenvalue weighted by molar-refractivity contribution is 6.45. The summed E-state index contributed by atoms with van der Waals surface area (Å²) in [4.78, 5) is 8.49. The van der Waals surface area contributed by atoms with E-state index in [1.807, 2.05) is 0 Å². The molecule has 0 spiro atoms. The Labute approximate surface area is 107 Å². The highest BCUT2D eigenvalue weighted by Crippen LogP contribution is 2.20. The number of hydrogen-bond acceptors (Lipinski definition) is 5. The predicted molar refractivity (Wildman–Crippen MR) is 64.2 cm³/mol. The van der Waals surface area contributed by atoms with E-state index in [1.54, 1.807) is 0 Å². The molecule has 0 bridgehead atoms. The molecule has 0 unspecified atom stereocenters. The van der Waals surface area contributed by atoms with Crippen molar-refractivity contribution in [2.45, 2.75) is 10.6 Å². The van der Waals surface area contributed by atoms with E-state index in [2.05, 4.69) is 5.32 Å². The topological polar surface area (TPSA) is 95.6 Å². The van der Waals surface area contributed by atoms with Crippen molar-refractivity contribution in [1.82, 2.24) is 0 Å². The Kier molecular flexibility index (Phi) is 4.53. The lowest BCUT2D eigenvalue weighted by atomic mass is 10.2. The number of nitrogens with zero attached hydrogens (tertiary/aromatic N) is 1. The molecule has 0 aliphatic rings. The molecule has 94 valence electrons. The summed E-state index contributed by atoms with van der Waals surface area (Å²) in [5.74, 6) is -2.27. The number of halogens is 2. The van der Waals surface area contributed by atoms with Crippen molar-refractivity contribution in [2.75, 3.05) is 11.9 Å². The first-order chi connectivity index (χ1) is 7.83. The van der Waals surface area contributed by atoms with Crippen LogP contribution in [0.25, 0.3) is 0 Å². The maximum absolute atomic E-state index is 10.4. The number of aliphatic hydroxyl groups is 2. The number of alkyl halides is 2. The molecule has 0 saturated carbocycles. The third-order valence-electron chi connectivity index (χ3n) is 1.98. The molecule has 0 aliphatic heterocycles. The molecule has 0 amide bonds. The van der Waals surface area contributed by atoms with Crippen LogP contribution in [0.5, 0.6) is 0 Å². The van der Waals surface area contributed by atoms with E-state index in [4.69, 9.17) is 23.2 Å². The highest BCUT2D eigenvalue weighted by Gasteiger charge is 2.31. The fourth-order valence-corrected chi connectivity index (χ4v) is 1.16. The number of nitro groups is 1. The van der Waals surface area contributed by atoms with E-state index >= 15 is 0 Å². The summed E-state index contributed by atoms with van der Waals surface area (Å²) in [5.41, 5.74) is 0.430. The smallest absolute Gasteiger partial charge is 0.269 e. The lowest BCUT2D eigenvalue weighted by molar-refractivity contribution is -0.384. The van der Waals surface area contributed by atoms with Crippen LogP contribution in [0.1, 0.15) is 0 Å². The number of non-ortho nitro benzene ring substituents is 1. The Morgan fingerprint density at radius 3 is 2.29 bits per heavy atom. The van der Waals surface area contributed by atoms with Crippen LogP contribution in [0.3, 0.4) is 0 Å². The van der Waals surface area contributed by atoms with Gasteiger partial charge in [-0.2, -0.15) is 0 Å². The van der Waals surface area contributed by atoms with Gasteiger partial charge in [0.25, 0.3) is 5.69 Å². The normalized spacial score (nSPS) is 11.6. The number of benzene rings is 1. The van der Waals surface area contributed by atoms with Crippen LogP contribution in [-0.4, -0.2) is 32.3 Å². The third-order valence-corrected chi connectivity index (χ3v) is 2.68. The molecule has 6 nitrogen and oxygen atoms in total. The van der Waals surface area contributed by atoms with E-state index in [0.29, 0.717) is 5.69 Å². The van der Waals surface area contributed by atoms with Gasteiger partial charge in [0.15, 0.2) is 4.84 Å². The standard InChI is InChI=1S/C9H10Cl2N2O4/c10-8(11)9(14,15)5-12-6-1-3-7(4-2-6)13(16)17/h1-4,8,12,14-15H,5H2. The van der Waals surface area contributed by atoms with Gasteiger partial charge in [0.05, 0.1) is 11.5 Å². The zero-order chi connectivity index (χ0) is 13.1. The molecule has 0 aromatic heterocycles. The van der Waals surface area contributed by atoms with Crippen LogP contribution < -0.4 is 5.32 Å². The maximum atomic E-state index is 10.4. The first-order valence-corrected chi connectivity index (χ1v) is 5.41. The zero-order valence-electron chi connectivity index (χ0n) is 8.51. The van der Waals surface area contributed by atoms with Crippen molar-refractivity contribution in [3.05, 3.63) is 34.4 Å². The van der Waals surface area contributed by atoms with Crippen LogP contribution in [0.2, 0.25) is 0 Å². The quantitative estimate of drug-likeness (QED) is 0.329. The van der Waals surface area contributed by atoms with Gasteiger partial charge in [-0.1, -0.05) is 23.2 Å². The molecule has 3 N–H and O–H groups in total. The molecule has 17 heavy (non-hydrogen) atoms. The van der Waals surface area contributed by atoms with Crippen molar-refractivity contribution < 1.29 is 15.1 Å². The molecular weight excluding hydrogens is 271 g/mol. The van der Waals surface area contributed by atoms with Crippen LogP contribution in [0, 0.1) is 10.1 Å². The van der Waals surface area contributed by atoms with Gasteiger partial charge in [-0.15, -0.1) is 0 Å². The third kappa shape index (κ3) is 4.01. The number of hydrogen-bond donors (Lipinski definition) is 3. The summed E-state index contributed by atoms with van der Waals surface area (Å²) in [5, 5.41) is 31.7. The number of anilines is 1. The molecule has 0 radical (unpaired) electrons. The van der Waals surface area contributed by atoms with Gasteiger partial charge in [-0.25, -0.2) is 0 Å². The summed E-state index contributed by atoms with van der Waals surface area (Å²) in [6.07, 6.45) is 0. The van der Waals surface area contributed by atoms with Gasteiger partial charge < -0.3 is 15.5 Å². The van der Waals surface area contributed by atoms with Crippen LogP contribution >= 0.6 is 23.2 Å². The largest absolute Gasteiger partial charge is 0.380 e. The Hall–Kier alpha value is -1.08. The number of nitrogens with one attached hydrogen (secondary N) is 1. The zero-order valence-corrected chi connectivity index (χ0v) is 10.0. The van der Waals surface area contributed by atoms with E-state index in [1.165, 1.54) is 24.3 Å². The molecule has 1 aromatic carbocycles. The van der Waals surface area contributed by atoms with Crippen LogP contribution in [-0.2, 0) is 0 Å². The Balaban J connectivity index is 2.62. The number of rotatable bonds is 5. The Morgan fingerprint density at radius 1 is 1.35 bits per heavy atom. The average Bonchev–Trinajstić information content (AvgIpc) is 2.27. The van der Waals surface area contributed by atoms with Gasteiger partial charge in [-0.05, 0) is 12.1 Å². The summed E-state index contributed by atoms with van der Waals surface area (Å²) < 4.78 is 0. The molecule has 1 aromatic rings. The second kappa shape index (κ2) is 5.50. The molecule has 0 fully saturated rings. The molecule has 8 heteroatoms. The van der Waals surface area contributed by atoms with Gasteiger partial charge in [0, 0.05) is 17.8 Å². The summed E-state index contributed by atoms with van der Waals surface area (Å²) in [6, 6.07) is 5.45.